The smallest absolute Gasteiger partial charge is 0.256 e. The zero-order valence-electron chi connectivity index (χ0n) is 15.6. The van der Waals surface area contributed by atoms with Gasteiger partial charge in [-0.05, 0) is 13.0 Å². The molecular formula is C18H23FN6O2. The Bertz CT molecular complexity index is 884. The zero-order chi connectivity index (χ0) is 19.6. The molecule has 0 saturated carbocycles. The van der Waals surface area contributed by atoms with Gasteiger partial charge in [0.15, 0.2) is 5.43 Å². The molecule has 1 aliphatic rings. The molecule has 0 aromatic carbocycles. The van der Waals surface area contributed by atoms with E-state index in [1.54, 1.807) is 24.1 Å². The monoisotopic (exact) mass is 374 g/mol. The second-order valence-corrected chi connectivity index (χ2v) is 6.85. The average molecular weight is 374 g/mol. The fraction of sp³-hybridized carbons (Fsp3) is 0.444. The lowest BCUT2D eigenvalue weighted by Gasteiger charge is -2.26. The third-order valence-electron chi connectivity index (χ3n) is 4.49. The lowest BCUT2D eigenvalue weighted by atomic mass is 10.2. The minimum absolute atomic E-state index is 0.0406. The number of pyridine rings is 1. The van der Waals surface area contributed by atoms with E-state index in [0.29, 0.717) is 17.5 Å². The number of hydrogen-bond donors (Lipinski definition) is 2. The van der Waals surface area contributed by atoms with Crippen LogP contribution in [0.5, 0.6) is 0 Å². The molecule has 3 heterocycles. The molecule has 144 valence electrons. The van der Waals surface area contributed by atoms with E-state index in [-0.39, 0.29) is 36.5 Å². The number of alkyl halides is 1. The summed E-state index contributed by atoms with van der Waals surface area (Å²) in [5.74, 6) is 0.667. The van der Waals surface area contributed by atoms with Crippen molar-refractivity contribution < 1.29 is 9.18 Å². The molecule has 1 fully saturated rings. The molecule has 2 N–H and O–H groups in total. The zero-order valence-corrected chi connectivity index (χ0v) is 15.6. The standard InChI is InChI=1S/C18H23FN6O2/c1-11-6-15(26)14(9-21-11)17(27)22-8-13-7-12(19)10-25(13)16-4-5-20-18(23-16)24(2)3/h4-6,9,12-13H,7-8,10H2,1-3H3,(H,21,26)(H,22,27)/t12-,13-/m0/s1. The quantitative estimate of drug-likeness (QED) is 0.807. The van der Waals surface area contributed by atoms with E-state index in [9.17, 15) is 14.0 Å². The van der Waals surface area contributed by atoms with Gasteiger partial charge in [0.1, 0.15) is 17.6 Å². The van der Waals surface area contributed by atoms with E-state index < -0.39 is 12.1 Å². The molecule has 1 aliphatic heterocycles. The van der Waals surface area contributed by atoms with Crippen molar-refractivity contribution in [2.45, 2.75) is 25.6 Å². The Balaban J connectivity index is 1.72. The van der Waals surface area contributed by atoms with Crippen LogP contribution >= 0.6 is 0 Å². The van der Waals surface area contributed by atoms with E-state index in [2.05, 4.69) is 20.3 Å². The number of aryl methyl sites for hydroxylation is 1. The number of amides is 1. The van der Waals surface area contributed by atoms with E-state index in [4.69, 9.17) is 0 Å². The van der Waals surface area contributed by atoms with Crippen LogP contribution in [0.2, 0.25) is 0 Å². The highest BCUT2D eigenvalue weighted by Crippen LogP contribution is 2.26. The lowest BCUT2D eigenvalue weighted by molar-refractivity contribution is 0.0949. The average Bonchev–Trinajstić information content (AvgIpc) is 3.00. The fourth-order valence-electron chi connectivity index (χ4n) is 3.10. The summed E-state index contributed by atoms with van der Waals surface area (Å²) in [5, 5.41) is 2.74. The largest absolute Gasteiger partial charge is 0.364 e. The molecular weight excluding hydrogens is 351 g/mol. The second-order valence-electron chi connectivity index (χ2n) is 6.85. The van der Waals surface area contributed by atoms with Crippen LogP contribution in [-0.4, -0.2) is 60.3 Å². The molecule has 0 aliphatic carbocycles. The van der Waals surface area contributed by atoms with Gasteiger partial charge in [-0.3, -0.25) is 9.59 Å². The Morgan fingerprint density at radius 1 is 1.48 bits per heavy atom. The van der Waals surface area contributed by atoms with E-state index in [1.807, 2.05) is 19.0 Å². The first-order valence-corrected chi connectivity index (χ1v) is 8.73. The Morgan fingerprint density at radius 3 is 2.96 bits per heavy atom. The third kappa shape index (κ3) is 4.24. The summed E-state index contributed by atoms with van der Waals surface area (Å²) in [5.41, 5.74) is 0.375. The van der Waals surface area contributed by atoms with Gasteiger partial charge < -0.3 is 20.1 Å². The van der Waals surface area contributed by atoms with Crippen LogP contribution in [0.1, 0.15) is 22.5 Å². The molecule has 2 aromatic rings. The van der Waals surface area contributed by atoms with Gasteiger partial charge in [-0.2, -0.15) is 4.98 Å². The van der Waals surface area contributed by atoms with Gasteiger partial charge in [-0.15, -0.1) is 0 Å². The van der Waals surface area contributed by atoms with Gasteiger partial charge in [0.05, 0.1) is 12.6 Å². The lowest BCUT2D eigenvalue weighted by Crippen LogP contribution is -2.41. The summed E-state index contributed by atoms with van der Waals surface area (Å²) in [6.45, 7) is 2.16. The number of aromatic nitrogens is 3. The summed E-state index contributed by atoms with van der Waals surface area (Å²) in [7, 11) is 3.66. The topological polar surface area (TPSA) is 94.2 Å². The molecule has 1 amide bonds. The predicted molar refractivity (Wildman–Crippen MR) is 101 cm³/mol. The third-order valence-corrected chi connectivity index (χ3v) is 4.49. The molecule has 0 radical (unpaired) electrons. The normalized spacial score (nSPS) is 19.2. The van der Waals surface area contributed by atoms with Crippen molar-refractivity contribution in [2.24, 2.45) is 0 Å². The minimum atomic E-state index is -1.01. The van der Waals surface area contributed by atoms with Crippen LogP contribution < -0.4 is 20.5 Å². The Labute approximate surface area is 156 Å². The molecule has 3 rings (SSSR count). The number of hydrogen-bond acceptors (Lipinski definition) is 6. The van der Waals surface area contributed by atoms with Gasteiger partial charge >= 0.3 is 0 Å². The molecule has 2 aromatic heterocycles. The molecule has 0 spiro atoms. The summed E-state index contributed by atoms with van der Waals surface area (Å²) < 4.78 is 14.1. The van der Waals surface area contributed by atoms with Crippen LogP contribution in [0.4, 0.5) is 16.2 Å². The molecule has 27 heavy (non-hydrogen) atoms. The molecule has 8 nitrogen and oxygen atoms in total. The summed E-state index contributed by atoms with van der Waals surface area (Å²) in [4.78, 5) is 39.4. The number of halogens is 1. The van der Waals surface area contributed by atoms with Gasteiger partial charge in [-0.1, -0.05) is 0 Å². The van der Waals surface area contributed by atoms with Crippen LogP contribution in [0.3, 0.4) is 0 Å². The van der Waals surface area contributed by atoms with Crippen molar-refractivity contribution in [3.05, 3.63) is 46.0 Å². The van der Waals surface area contributed by atoms with Crippen molar-refractivity contribution in [3.8, 4) is 0 Å². The van der Waals surface area contributed by atoms with Crippen molar-refractivity contribution >= 4 is 17.7 Å². The SMILES string of the molecule is Cc1cc(=O)c(C(=O)NC[C@@H]2C[C@H](F)CN2c2ccnc(N(C)C)n2)c[nH]1. The first-order chi connectivity index (χ1) is 12.8. The van der Waals surface area contributed by atoms with E-state index in [1.165, 1.54) is 12.3 Å². The Hall–Kier alpha value is -2.97. The number of nitrogens with zero attached hydrogens (tertiary/aromatic N) is 4. The fourth-order valence-corrected chi connectivity index (χ4v) is 3.10. The second kappa shape index (κ2) is 7.73. The number of nitrogens with one attached hydrogen (secondary N) is 2. The highest BCUT2D eigenvalue weighted by Gasteiger charge is 2.33. The van der Waals surface area contributed by atoms with Crippen LogP contribution in [-0.2, 0) is 0 Å². The molecule has 0 bridgehead atoms. The van der Waals surface area contributed by atoms with Gasteiger partial charge in [-0.25, -0.2) is 9.37 Å². The van der Waals surface area contributed by atoms with E-state index >= 15 is 0 Å². The van der Waals surface area contributed by atoms with Gasteiger partial charge in [0, 0.05) is 51.2 Å². The molecule has 2 atom stereocenters. The number of rotatable bonds is 5. The Kier molecular flexibility index (Phi) is 5.38. The number of H-pyrrole nitrogens is 1. The maximum absolute atomic E-state index is 14.1. The predicted octanol–water partition coefficient (Wildman–Crippen LogP) is 0.886. The molecule has 1 saturated heterocycles. The van der Waals surface area contributed by atoms with Crippen LogP contribution in [0, 0.1) is 6.92 Å². The summed E-state index contributed by atoms with van der Waals surface area (Å²) in [6, 6.07) is 2.85. The highest BCUT2D eigenvalue weighted by atomic mass is 19.1. The number of anilines is 2. The van der Waals surface area contributed by atoms with Gasteiger partial charge in [0.25, 0.3) is 5.91 Å². The van der Waals surface area contributed by atoms with Crippen LogP contribution in [0.25, 0.3) is 0 Å². The first kappa shape index (κ1) is 18.8. The van der Waals surface area contributed by atoms with Crippen LogP contribution in [0.15, 0.2) is 29.3 Å². The Morgan fingerprint density at radius 2 is 2.26 bits per heavy atom. The highest BCUT2D eigenvalue weighted by molar-refractivity contribution is 5.93. The minimum Gasteiger partial charge on any atom is -0.364 e. The van der Waals surface area contributed by atoms with Crippen molar-refractivity contribution in [3.63, 3.8) is 0 Å². The number of carbonyl (C=O) groups excluding carboxylic acids is 1. The molecule has 0 unspecified atom stereocenters. The van der Waals surface area contributed by atoms with Crippen molar-refractivity contribution in [2.75, 3.05) is 37.0 Å². The maximum Gasteiger partial charge on any atom is 0.256 e. The number of aromatic amines is 1. The van der Waals surface area contributed by atoms with Crippen molar-refractivity contribution in [1.82, 2.24) is 20.3 Å². The molecule has 9 heteroatoms. The summed E-state index contributed by atoms with van der Waals surface area (Å²) >= 11 is 0. The summed E-state index contributed by atoms with van der Waals surface area (Å²) in [6.07, 6.45) is 2.30. The number of carbonyl (C=O) groups is 1. The van der Waals surface area contributed by atoms with Gasteiger partial charge in [0.2, 0.25) is 5.95 Å². The van der Waals surface area contributed by atoms with E-state index in [0.717, 1.165) is 0 Å². The first-order valence-electron chi connectivity index (χ1n) is 8.73. The van der Waals surface area contributed by atoms with Crippen molar-refractivity contribution in [1.29, 1.82) is 0 Å². The maximum atomic E-state index is 14.1.